The Hall–Kier alpha value is -3.36. The molecule has 2 aromatic carbocycles. The Morgan fingerprint density at radius 1 is 1.12 bits per heavy atom. The molecule has 0 bridgehead atoms. The first-order chi connectivity index (χ1) is 15.5. The van der Waals surface area contributed by atoms with Gasteiger partial charge in [0.15, 0.2) is 5.78 Å². The molecule has 8 heteroatoms. The maximum atomic E-state index is 13.4. The molecule has 1 aliphatic carbocycles. The average Bonchev–Trinajstić information content (AvgIpc) is 3.36. The molecule has 8 nitrogen and oxygen atoms in total. The number of nitrogens with zero attached hydrogens (tertiary/aromatic N) is 4. The van der Waals surface area contributed by atoms with Gasteiger partial charge in [0.25, 0.3) is 0 Å². The standard InChI is InChI=1S/C24H25N5O3/c1-28-10-12-29(13-11-28)14-19(30)25-18-5-3-4-17-20(18)24(31)21-22(26-27-23(17)21)15-6-8-16(32-2)9-7-15/h3-9,23H,10-14H2,1-2H3,(H,25,30). The molecule has 2 aliphatic heterocycles. The van der Waals surface area contributed by atoms with Gasteiger partial charge in [-0.2, -0.15) is 10.2 Å². The summed E-state index contributed by atoms with van der Waals surface area (Å²) >= 11 is 0. The number of carbonyl (C=O) groups excluding carboxylic acids is 2. The van der Waals surface area contributed by atoms with E-state index in [4.69, 9.17) is 4.74 Å². The number of fused-ring (bicyclic) bond motifs is 3. The number of methoxy groups -OCH3 is 1. The van der Waals surface area contributed by atoms with Gasteiger partial charge in [-0.05, 0) is 42.9 Å². The van der Waals surface area contributed by atoms with Crippen molar-refractivity contribution in [3.63, 3.8) is 0 Å². The zero-order valence-electron chi connectivity index (χ0n) is 18.2. The van der Waals surface area contributed by atoms with Crippen molar-refractivity contribution >= 4 is 23.1 Å². The number of likely N-dealkylation sites (N-methyl/N-ethyl adjacent to an activating group) is 1. The predicted molar refractivity (Wildman–Crippen MR) is 121 cm³/mol. The number of ether oxygens (including phenoxy) is 1. The minimum absolute atomic E-state index is 0.112. The molecule has 32 heavy (non-hydrogen) atoms. The van der Waals surface area contributed by atoms with Gasteiger partial charge < -0.3 is 15.0 Å². The van der Waals surface area contributed by atoms with Gasteiger partial charge in [-0.25, -0.2) is 0 Å². The third-order valence-corrected chi connectivity index (χ3v) is 6.27. The number of hydrogen-bond donors (Lipinski definition) is 1. The van der Waals surface area contributed by atoms with E-state index in [0.717, 1.165) is 43.1 Å². The molecule has 0 saturated carbocycles. The van der Waals surface area contributed by atoms with Gasteiger partial charge in [0.2, 0.25) is 5.91 Å². The number of piperazine rings is 1. The summed E-state index contributed by atoms with van der Waals surface area (Å²) in [6.07, 6.45) is 0. The second kappa shape index (κ2) is 8.29. The first-order valence-corrected chi connectivity index (χ1v) is 10.7. The Bertz CT molecular complexity index is 1130. The van der Waals surface area contributed by atoms with Crippen molar-refractivity contribution in [3.8, 4) is 5.75 Å². The first-order valence-electron chi connectivity index (χ1n) is 10.7. The van der Waals surface area contributed by atoms with Crippen molar-refractivity contribution in [3.05, 3.63) is 64.7 Å². The zero-order chi connectivity index (χ0) is 22.2. The van der Waals surface area contributed by atoms with Gasteiger partial charge in [-0.1, -0.05) is 12.1 Å². The second-order valence-corrected chi connectivity index (χ2v) is 8.34. The summed E-state index contributed by atoms with van der Waals surface area (Å²) < 4.78 is 5.22. The largest absolute Gasteiger partial charge is 0.497 e. The van der Waals surface area contributed by atoms with E-state index in [0.29, 0.717) is 29.1 Å². The van der Waals surface area contributed by atoms with Gasteiger partial charge in [-0.15, -0.1) is 0 Å². The van der Waals surface area contributed by atoms with Crippen molar-refractivity contribution in [2.24, 2.45) is 10.2 Å². The summed E-state index contributed by atoms with van der Waals surface area (Å²) in [6, 6.07) is 12.5. The SMILES string of the molecule is COc1ccc(C2=C3C(=O)c4c(NC(=O)CN5CCN(C)CC5)cccc4C3N=N2)cc1. The maximum absolute atomic E-state index is 13.4. The van der Waals surface area contributed by atoms with Crippen molar-refractivity contribution in [1.29, 1.82) is 0 Å². The molecule has 2 aromatic rings. The monoisotopic (exact) mass is 431 g/mol. The Kier molecular flexibility index (Phi) is 5.32. The molecule has 0 spiro atoms. The zero-order valence-corrected chi connectivity index (χ0v) is 18.2. The molecule has 5 rings (SSSR count). The lowest BCUT2D eigenvalue weighted by Crippen LogP contribution is -2.47. The summed E-state index contributed by atoms with van der Waals surface area (Å²) in [5.41, 5.74) is 3.80. The van der Waals surface area contributed by atoms with Crippen LogP contribution in [0.1, 0.15) is 27.5 Å². The molecular weight excluding hydrogens is 406 g/mol. The third kappa shape index (κ3) is 3.61. The molecule has 1 N–H and O–H groups in total. The van der Waals surface area contributed by atoms with Crippen molar-refractivity contribution < 1.29 is 14.3 Å². The Morgan fingerprint density at radius 3 is 2.59 bits per heavy atom. The molecule has 164 valence electrons. The number of amides is 1. The van der Waals surface area contributed by atoms with E-state index in [1.54, 1.807) is 13.2 Å². The van der Waals surface area contributed by atoms with Crippen molar-refractivity contribution in [2.75, 3.05) is 52.2 Å². The quantitative estimate of drug-likeness (QED) is 0.787. The number of rotatable bonds is 5. The fourth-order valence-electron chi connectivity index (χ4n) is 4.46. The number of nitrogens with one attached hydrogen (secondary N) is 1. The topological polar surface area (TPSA) is 86.6 Å². The highest BCUT2D eigenvalue weighted by Gasteiger charge is 2.42. The summed E-state index contributed by atoms with van der Waals surface area (Å²) in [4.78, 5) is 30.5. The Morgan fingerprint density at radius 2 is 1.88 bits per heavy atom. The number of hydrogen-bond acceptors (Lipinski definition) is 7. The molecule has 1 saturated heterocycles. The Balaban J connectivity index is 1.39. The van der Waals surface area contributed by atoms with Crippen LogP contribution in [0.5, 0.6) is 5.75 Å². The first kappa shape index (κ1) is 20.5. The van der Waals surface area contributed by atoms with Crippen LogP contribution >= 0.6 is 0 Å². The van der Waals surface area contributed by atoms with E-state index in [9.17, 15) is 9.59 Å². The second-order valence-electron chi connectivity index (χ2n) is 8.34. The molecule has 1 unspecified atom stereocenters. The summed E-state index contributed by atoms with van der Waals surface area (Å²) in [6.45, 7) is 3.92. The van der Waals surface area contributed by atoms with Gasteiger partial charge in [0.05, 0.1) is 30.5 Å². The van der Waals surface area contributed by atoms with Gasteiger partial charge in [0, 0.05) is 31.7 Å². The number of benzene rings is 2. The minimum Gasteiger partial charge on any atom is -0.497 e. The molecule has 1 atom stereocenters. The van der Waals surface area contributed by atoms with Crippen LogP contribution in [0.15, 0.2) is 58.3 Å². The summed E-state index contributed by atoms with van der Waals surface area (Å²) in [7, 11) is 3.69. The van der Waals surface area contributed by atoms with Crippen LogP contribution in [0.2, 0.25) is 0 Å². The average molecular weight is 431 g/mol. The normalized spacial score (nSPS) is 20.4. The molecule has 0 radical (unpaired) electrons. The fraction of sp³-hybridized carbons (Fsp3) is 0.333. The highest BCUT2D eigenvalue weighted by molar-refractivity contribution is 6.22. The molecule has 1 amide bonds. The fourth-order valence-corrected chi connectivity index (χ4v) is 4.46. The van der Waals surface area contributed by atoms with Crippen LogP contribution in [-0.2, 0) is 4.79 Å². The van der Waals surface area contributed by atoms with Crippen molar-refractivity contribution in [2.45, 2.75) is 6.04 Å². The lowest BCUT2D eigenvalue weighted by molar-refractivity contribution is -0.117. The lowest BCUT2D eigenvalue weighted by atomic mass is 10.0. The molecule has 1 fully saturated rings. The third-order valence-electron chi connectivity index (χ3n) is 6.27. The van der Waals surface area contributed by atoms with Crippen LogP contribution in [0.25, 0.3) is 5.70 Å². The van der Waals surface area contributed by atoms with E-state index >= 15 is 0 Å². The summed E-state index contributed by atoms with van der Waals surface area (Å²) in [5.74, 6) is 0.493. The number of carbonyl (C=O) groups is 2. The van der Waals surface area contributed by atoms with Crippen LogP contribution < -0.4 is 10.1 Å². The molecule has 2 heterocycles. The van der Waals surface area contributed by atoms with Crippen molar-refractivity contribution in [1.82, 2.24) is 9.80 Å². The van der Waals surface area contributed by atoms with Gasteiger partial charge in [-0.3, -0.25) is 14.5 Å². The molecule has 3 aliphatic rings. The smallest absolute Gasteiger partial charge is 0.238 e. The minimum atomic E-state index is -0.427. The van der Waals surface area contributed by atoms with Crippen LogP contribution in [0, 0.1) is 0 Å². The maximum Gasteiger partial charge on any atom is 0.238 e. The number of azo groups is 1. The summed E-state index contributed by atoms with van der Waals surface area (Å²) in [5, 5.41) is 11.7. The molecule has 0 aromatic heterocycles. The van der Waals surface area contributed by atoms with E-state index in [2.05, 4.69) is 32.4 Å². The molecular formula is C24H25N5O3. The Labute approximate surface area is 186 Å². The number of anilines is 1. The van der Waals surface area contributed by atoms with Gasteiger partial charge >= 0.3 is 0 Å². The van der Waals surface area contributed by atoms with Crippen LogP contribution in [0.3, 0.4) is 0 Å². The highest BCUT2D eigenvalue weighted by atomic mass is 16.5. The van der Waals surface area contributed by atoms with E-state index in [1.807, 2.05) is 36.4 Å². The van der Waals surface area contributed by atoms with E-state index in [-0.39, 0.29) is 11.7 Å². The van der Waals surface area contributed by atoms with Crippen LogP contribution in [0.4, 0.5) is 5.69 Å². The van der Waals surface area contributed by atoms with E-state index < -0.39 is 6.04 Å². The number of Topliss-reactive ketones (excluding diaryl/α,β-unsaturated/α-hetero) is 1. The van der Waals surface area contributed by atoms with Crippen LogP contribution in [-0.4, -0.2) is 68.4 Å². The number of ketones is 1. The van der Waals surface area contributed by atoms with Gasteiger partial charge in [0.1, 0.15) is 17.5 Å². The van der Waals surface area contributed by atoms with E-state index in [1.165, 1.54) is 0 Å². The predicted octanol–water partition coefficient (Wildman–Crippen LogP) is 3.00. The lowest BCUT2D eigenvalue weighted by Gasteiger charge is -2.31. The highest BCUT2D eigenvalue weighted by Crippen LogP contribution is 2.49.